The van der Waals surface area contributed by atoms with Crippen molar-refractivity contribution in [1.29, 1.82) is 0 Å². The molecule has 1 saturated heterocycles. The highest BCUT2D eigenvalue weighted by Gasteiger charge is 2.41. The molecular weight excluding hydrogens is 185 g/mol. The summed E-state index contributed by atoms with van der Waals surface area (Å²) < 4.78 is 18.9. The fourth-order valence-corrected chi connectivity index (χ4v) is 1.49. The molecule has 1 atom stereocenters. The second kappa shape index (κ2) is 3.49. The van der Waals surface area contributed by atoms with Crippen molar-refractivity contribution in [3.05, 3.63) is 24.4 Å². The zero-order valence-corrected chi connectivity index (χ0v) is 7.79. The molecule has 4 nitrogen and oxygen atoms in total. The second-order valence-corrected chi connectivity index (χ2v) is 3.40. The summed E-state index contributed by atoms with van der Waals surface area (Å²) in [5.74, 6) is 0.568. The lowest BCUT2D eigenvalue weighted by Crippen LogP contribution is -2.23. The molecule has 1 fully saturated rings. The van der Waals surface area contributed by atoms with Gasteiger partial charge in [0.2, 0.25) is 5.67 Å². The van der Waals surface area contributed by atoms with Crippen molar-refractivity contribution in [2.24, 2.45) is 0 Å². The molecule has 0 spiro atoms. The summed E-state index contributed by atoms with van der Waals surface area (Å²) in [7, 11) is 0. The van der Waals surface area contributed by atoms with Crippen LogP contribution in [0.2, 0.25) is 0 Å². The molecule has 2 rings (SSSR count). The molecule has 1 aliphatic rings. The maximum Gasteiger partial charge on any atom is 0.265 e. The number of nitrogens with zero attached hydrogens (tertiary/aromatic N) is 2. The van der Waals surface area contributed by atoms with Gasteiger partial charge in [-0.15, -0.1) is 6.58 Å². The van der Waals surface area contributed by atoms with Crippen molar-refractivity contribution in [3.63, 3.8) is 0 Å². The Morgan fingerprint density at radius 1 is 1.71 bits per heavy atom. The fraction of sp³-hybridized carbons (Fsp3) is 0.556. The summed E-state index contributed by atoms with van der Waals surface area (Å²) >= 11 is 0. The van der Waals surface area contributed by atoms with Gasteiger partial charge in [0, 0.05) is 19.4 Å². The van der Waals surface area contributed by atoms with Crippen LogP contribution >= 0.6 is 0 Å². The highest BCUT2D eigenvalue weighted by Crippen LogP contribution is 2.30. The maximum atomic E-state index is 14.0. The van der Waals surface area contributed by atoms with E-state index in [0.29, 0.717) is 25.2 Å². The van der Waals surface area contributed by atoms with Crippen LogP contribution in [-0.2, 0) is 12.1 Å². The van der Waals surface area contributed by atoms with Gasteiger partial charge in [-0.1, -0.05) is 11.2 Å². The van der Waals surface area contributed by atoms with Gasteiger partial charge in [0.05, 0.1) is 0 Å². The summed E-state index contributed by atoms with van der Waals surface area (Å²) in [6, 6.07) is 0. The summed E-state index contributed by atoms with van der Waals surface area (Å²) in [4.78, 5) is 3.99. The fourth-order valence-electron chi connectivity index (χ4n) is 1.49. The highest BCUT2D eigenvalue weighted by molar-refractivity contribution is 5.04. The van der Waals surface area contributed by atoms with Crippen LogP contribution in [-0.4, -0.2) is 23.2 Å². The third kappa shape index (κ3) is 1.55. The molecule has 1 aromatic heterocycles. The lowest BCUT2D eigenvalue weighted by atomic mass is 10.1. The van der Waals surface area contributed by atoms with Crippen molar-refractivity contribution >= 4 is 0 Å². The molecule has 1 aromatic rings. The first-order valence-corrected chi connectivity index (χ1v) is 4.58. The molecule has 5 heteroatoms. The second-order valence-electron chi connectivity index (χ2n) is 3.40. The Bertz CT molecular complexity index is 331. The lowest BCUT2D eigenvalue weighted by Gasteiger charge is -2.10. The number of rotatable bonds is 3. The van der Waals surface area contributed by atoms with Crippen LogP contribution in [0, 0.1) is 0 Å². The van der Waals surface area contributed by atoms with Crippen LogP contribution in [0.4, 0.5) is 4.39 Å². The van der Waals surface area contributed by atoms with Gasteiger partial charge in [0.15, 0.2) is 5.82 Å². The summed E-state index contributed by atoms with van der Waals surface area (Å²) in [6.07, 6.45) is 2.56. The standard InChI is InChI=1S/C9H12FN3O/c1-2-3-7-12-8(14-13-7)9(10)4-5-11-6-9/h2,11H,1,3-6H2. The first-order chi connectivity index (χ1) is 6.74. The summed E-state index contributed by atoms with van der Waals surface area (Å²) in [6.45, 7) is 4.45. The van der Waals surface area contributed by atoms with E-state index >= 15 is 0 Å². The quantitative estimate of drug-likeness (QED) is 0.733. The van der Waals surface area contributed by atoms with E-state index in [0.717, 1.165) is 0 Å². The maximum absolute atomic E-state index is 14.0. The van der Waals surface area contributed by atoms with E-state index in [-0.39, 0.29) is 12.4 Å². The van der Waals surface area contributed by atoms with Gasteiger partial charge < -0.3 is 9.84 Å². The molecular formula is C9H12FN3O. The van der Waals surface area contributed by atoms with Crippen molar-refractivity contribution < 1.29 is 8.91 Å². The van der Waals surface area contributed by atoms with E-state index in [1.165, 1.54) is 0 Å². The zero-order valence-electron chi connectivity index (χ0n) is 7.79. The van der Waals surface area contributed by atoms with Gasteiger partial charge in [-0.05, 0) is 6.54 Å². The average molecular weight is 197 g/mol. The normalized spacial score (nSPS) is 26.6. The molecule has 0 aromatic carbocycles. The lowest BCUT2D eigenvalue weighted by molar-refractivity contribution is 0.133. The van der Waals surface area contributed by atoms with Crippen molar-refractivity contribution in [3.8, 4) is 0 Å². The molecule has 0 bridgehead atoms. The smallest absolute Gasteiger partial charge is 0.265 e. The van der Waals surface area contributed by atoms with E-state index < -0.39 is 5.67 Å². The predicted octanol–water partition coefficient (Wildman–Crippen LogP) is 0.956. The van der Waals surface area contributed by atoms with Crippen LogP contribution in [0.5, 0.6) is 0 Å². The van der Waals surface area contributed by atoms with Gasteiger partial charge in [-0.2, -0.15) is 4.98 Å². The van der Waals surface area contributed by atoms with Crippen LogP contribution in [0.25, 0.3) is 0 Å². The van der Waals surface area contributed by atoms with Gasteiger partial charge in [-0.3, -0.25) is 0 Å². The average Bonchev–Trinajstić information content (AvgIpc) is 2.75. The van der Waals surface area contributed by atoms with Gasteiger partial charge in [0.25, 0.3) is 5.89 Å². The third-order valence-electron chi connectivity index (χ3n) is 2.28. The Labute approximate surface area is 81.2 Å². The summed E-state index contributed by atoms with van der Waals surface area (Å²) in [5.41, 5.74) is -1.48. The molecule has 0 saturated carbocycles. The monoisotopic (exact) mass is 197 g/mol. The number of alkyl halides is 1. The molecule has 14 heavy (non-hydrogen) atoms. The largest absolute Gasteiger partial charge is 0.336 e. The SMILES string of the molecule is C=CCc1noc(C2(F)CCNC2)n1. The van der Waals surface area contributed by atoms with Crippen molar-refractivity contribution in [2.75, 3.05) is 13.1 Å². The van der Waals surface area contributed by atoms with Crippen LogP contribution in [0.1, 0.15) is 18.1 Å². The number of hydrogen-bond donors (Lipinski definition) is 1. The topological polar surface area (TPSA) is 51.0 Å². The molecule has 1 aliphatic heterocycles. The van der Waals surface area contributed by atoms with Gasteiger partial charge in [-0.25, -0.2) is 4.39 Å². The zero-order chi connectivity index (χ0) is 10.0. The minimum Gasteiger partial charge on any atom is -0.336 e. The third-order valence-corrected chi connectivity index (χ3v) is 2.28. The van der Waals surface area contributed by atoms with Gasteiger partial charge >= 0.3 is 0 Å². The van der Waals surface area contributed by atoms with E-state index in [1.54, 1.807) is 6.08 Å². The predicted molar refractivity (Wildman–Crippen MR) is 48.5 cm³/mol. The molecule has 1 unspecified atom stereocenters. The van der Waals surface area contributed by atoms with Crippen molar-refractivity contribution in [2.45, 2.75) is 18.5 Å². The molecule has 0 aliphatic carbocycles. The Morgan fingerprint density at radius 2 is 2.57 bits per heavy atom. The Hall–Kier alpha value is -1.23. The minimum absolute atomic E-state index is 0.0827. The summed E-state index contributed by atoms with van der Waals surface area (Å²) in [5, 5.41) is 6.60. The van der Waals surface area contributed by atoms with Crippen LogP contribution in [0.3, 0.4) is 0 Å². The first-order valence-electron chi connectivity index (χ1n) is 4.58. The Morgan fingerprint density at radius 3 is 3.21 bits per heavy atom. The first kappa shape index (κ1) is 9.33. The molecule has 0 amide bonds. The molecule has 1 N–H and O–H groups in total. The Balaban J connectivity index is 2.19. The molecule has 0 radical (unpaired) electrons. The number of aromatic nitrogens is 2. The number of hydrogen-bond acceptors (Lipinski definition) is 4. The molecule has 2 heterocycles. The van der Waals surface area contributed by atoms with Gasteiger partial charge in [0.1, 0.15) is 0 Å². The van der Waals surface area contributed by atoms with Crippen molar-refractivity contribution in [1.82, 2.24) is 15.5 Å². The van der Waals surface area contributed by atoms with E-state index in [1.807, 2.05) is 0 Å². The highest BCUT2D eigenvalue weighted by atomic mass is 19.1. The van der Waals surface area contributed by atoms with E-state index in [2.05, 4.69) is 22.0 Å². The number of allylic oxidation sites excluding steroid dienone is 1. The van der Waals surface area contributed by atoms with Crippen LogP contribution in [0.15, 0.2) is 17.2 Å². The van der Waals surface area contributed by atoms with Crippen LogP contribution < -0.4 is 5.32 Å². The molecule has 76 valence electrons. The van der Waals surface area contributed by atoms with E-state index in [4.69, 9.17) is 4.52 Å². The van der Waals surface area contributed by atoms with E-state index in [9.17, 15) is 4.39 Å². The number of halogens is 1. The minimum atomic E-state index is -1.48. The number of nitrogens with one attached hydrogen (secondary N) is 1. The Kier molecular flexibility index (Phi) is 2.33.